The molecule has 0 spiro atoms. The summed E-state index contributed by atoms with van der Waals surface area (Å²) < 4.78 is 10.8. The molecule has 2 rings (SSSR count). The number of ether oxygens (including phenoxy) is 2. The molecule has 0 N–H and O–H groups in total. The predicted molar refractivity (Wildman–Crippen MR) is 49.6 cm³/mol. The summed E-state index contributed by atoms with van der Waals surface area (Å²) in [6.45, 7) is 6.57. The Morgan fingerprint density at radius 1 is 1.00 bits per heavy atom. The van der Waals surface area contributed by atoms with E-state index in [1.807, 2.05) is 0 Å². The van der Waals surface area contributed by atoms with Crippen molar-refractivity contribution in [1.82, 2.24) is 9.80 Å². The molecule has 4 heteroatoms. The minimum absolute atomic E-state index is 0.470. The van der Waals surface area contributed by atoms with Gasteiger partial charge in [0, 0.05) is 19.6 Å². The van der Waals surface area contributed by atoms with Crippen molar-refractivity contribution in [3.8, 4) is 0 Å². The zero-order valence-electron chi connectivity index (χ0n) is 8.24. The number of nitrogens with zero attached hydrogens (tertiary/aromatic N) is 2. The molecule has 2 saturated heterocycles. The van der Waals surface area contributed by atoms with E-state index >= 15 is 0 Å². The number of hydrogen-bond acceptors (Lipinski definition) is 4. The van der Waals surface area contributed by atoms with Crippen LogP contribution in [0.3, 0.4) is 0 Å². The molecule has 2 aliphatic heterocycles. The quantitative estimate of drug-likeness (QED) is 0.556. The zero-order valence-corrected chi connectivity index (χ0v) is 8.24. The minimum atomic E-state index is 0.470. The number of rotatable bonds is 1. The molecule has 0 bridgehead atoms. The van der Waals surface area contributed by atoms with Crippen LogP contribution in [-0.4, -0.2) is 69.1 Å². The van der Waals surface area contributed by atoms with E-state index in [0.717, 1.165) is 46.1 Å². The molecule has 0 aliphatic carbocycles. The summed E-state index contributed by atoms with van der Waals surface area (Å²) in [4.78, 5) is 4.82. The predicted octanol–water partition coefficient (Wildman–Crippen LogP) is -0.393. The molecule has 4 nitrogen and oxygen atoms in total. The largest absolute Gasteiger partial charge is 0.379 e. The van der Waals surface area contributed by atoms with E-state index in [-0.39, 0.29) is 0 Å². The second-order valence-corrected chi connectivity index (χ2v) is 3.68. The van der Waals surface area contributed by atoms with Crippen LogP contribution < -0.4 is 0 Å². The maximum Gasteiger partial charge on any atom is 0.0863 e. The lowest BCUT2D eigenvalue weighted by atomic mass is 10.3. The fourth-order valence-electron chi connectivity index (χ4n) is 1.93. The highest BCUT2D eigenvalue weighted by Crippen LogP contribution is 2.11. The van der Waals surface area contributed by atoms with E-state index < -0.39 is 0 Å². The van der Waals surface area contributed by atoms with Crippen LogP contribution in [0.1, 0.15) is 0 Å². The van der Waals surface area contributed by atoms with E-state index in [0.29, 0.717) is 6.17 Å². The zero-order chi connectivity index (χ0) is 9.10. The van der Waals surface area contributed by atoms with Crippen LogP contribution in [0.15, 0.2) is 0 Å². The highest BCUT2D eigenvalue weighted by Gasteiger charge is 2.26. The van der Waals surface area contributed by atoms with Crippen LogP contribution in [0.2, 0.25) is 0 Å². The first-order valence-electron chi connectivity index (χ1n) is 4.98. The minimum Gasteiger partial charge on any atom is -0.379 e. The Labute approximate surface area is 79.4 Å². The summed E-state index contributed by atoms with van der Waals surface area (Å²) >= 11 is 0. The van der Waals surface area contributed by atoms with Gasteiger partial charge in [-0.25, -0.2) is 0 Å². The average molecular weight is 186 g/mol. The van der Waals surface area contributed by atoms with Gasteiger partial charge < -0.3 is 9.47 Å². The van der Waals surface area contributed by atoms with Crippen LogP contribution in [0.25, 0.3) is 0 Å². The third-order valence-corrected chi connectivity index (χ3v) is 2.83. The maximum atomic E-state index is 5.48. The molecule has 2 aliphatic rings. The molecule has 0 aromatic carbocycles. The topological polar surface area (TPSA) is 24.9 Å². The van der Waals surface area contributed by atoms with Gasteiger partial charge in [0.15, 0.2) is 0 Å². The summed E-state index contributed by atoms with van der Waals surface area (Å²) in [6, 6.07) is 0. The second-order valence-electron chi connectivity index (χ2n) is 3.68. The molecule has 0 radical (unpaired) electrons. The average Bonchev–Trinajstić information content (AvgIpc) is 2.20. The Morgan fingerprint density at radius 3 is 2.38 bits per heavy atom. The van der Waals surface area contributed by atoms with E-state index in [4.69, 9.17) is 9.47 Å². The van der Waals surface area contributed by atoms with Crippen LogP contribution in [0.5, 0.6) is 0 Å². The molecule has 0 saturated carbocycles. The summed E-state index contributed by atoms with van der Waals surface area (Å²) in [6.07, 6.45) is 0.470. The van der Waals surface area contributed by atoms with Gasteiger partial charge in [0.1, 0.15) is 0 Å². The molecule has 1 atom stereocenters. The van der Waals surface area contributed by atoms with E-state index in [2.05, 4.69) is 16.8 Å². The second kappa shape index (κ2) is 4.37. The molecule has 0 aromatic heterocycles. The Balaban J connectivity index is 1.88. The van der Waals surface area contributed by atoms with Crippen molar-refractivity contribution >= 4 is 0 Å². The van der Waals surface area contributed by atoms with Gasteiger partial charge in [-0.2, -0.15) is 0 Å². The SMILES string of the molecule is CN1CCOCC1N1CCOCC1. The third kappa shape index (κ3) is 2.20. The Kier molecular flexibility index (Phi) is 3.16. The van der Waals surface area contributed by atoms with Gasteiger partial charge in [-0.3, -0.25) is 9.80 Å². The van der Waals surface area contributed by atoms with Crippen molar-refractivity contribution in [1.29, 1.82) is 0 Å². The summed E-state index contributed by atoms with van der Waals surface area (Å²) in [5, 5.41) is 0. The number of hydrogen-bond donors (Lipinski definition) is 0. The van der Waals surface area contributed by atoms with Gasteiger partial charge in [-0.15, -0.1) is 0 Å². The van der Waals surface area contributed by atoms with Gasteiger partial charge in [0.05, 0.1) is 32.6 Å². The van der Waals surface area contributed by atoms with Crippen molar-refractivity contribution in [2.24, 2.45) is 0 Å². The molecular weight excluding hydrogens is 168 g/mol. The first-order valence-corrected chi connectivity index (χ1v) is 4.98. The van der Waals surface area contributed by atoms with Crippen LogP contribution in [-0.2, 0) is 9.47 Å². The van der Waals surface area contributed by atoms with Crippen LogP contribution >= 0.6 is 0 Å². The molecule has 76 valence electrons. The molecular formula is C9H18N2O2. The fraction of sp³-hybridized carbons (Fsp3) is 1.00. The van der Waals surface area contributed by atoms with Crippen molar-refractivity contribution in [2.45, 2.75) is 6.17 Å². The van der Waals surface area contributed by atoms with Crippen molar-refractivity contribution in [3.05, 3.63) is 0 Å². The Morgan fingerprint density at radius 2 is 1.69 bits per heavy atom. The van der Waals surface area contributed by atoms with Gasteiger partial charge in [0.25, 0.3) is 0 Å². The molecule has 0 aromatic rings. The first-order chi connectivity index (χ1) is 6.38. The lowest BCUT2D eigenvalue weighted by Gasteiger charge is -2.41. The number of morpholine rings is 2. The lowest BCUT2D eigenvalue weighted by molar-refractivity contribution is -0.0924. The molecule has 13 heavy (non-hydrogen) atoms. The Bertz CT molecular complexity index is 160. The summed E-state index contributed by atoms with van der Waals surface area (Å²) in [7, 11) is 2.17. The van der Waals surface area contributed by atoms with Crippen molar-refractivity contribution < 1.29 is 9.47 Å². The fourth-order valence-corrected chi connectivity index (χ4v) is 1.93. The third-order valence-electron chi connectivity index (χ3n) is 2.83. The van der Waals surface area contributed by atoms with Crippen molar-refractivity contribution in [2.75, 3.05) is 53.1 Å². The van der Waals surface area contributed by atoms with Crippen LogP contribution in [0.4, 0.5) is 0 Å². The van der Waals surface area contributed by atoms with E-state index in [1.165, 1.54) is 0 Å². The smallest absolute Gasteiger partial charge is 0.0863 e. The van der Waals surface area contributed by atoms with E-state index in [9.17, 15) is 0 Å². The van der Waals surface area contributed by atoms with Gasteiger partial charge in [-0.05, 0) is 7.05 Å². The van der Waals surface area contributed by atoms with Gasteiger partial charge in [-0.1, -0.05) is 0 Å². The van der Waals surface area contributed by atoms with E-state index in [1.54, 1.807) is 0 Å². The molecule has 1 unspecified atom stereocenters. The van der Waals surface area contributed by atoms with Crippen molar-refractivity contribution in [3.63, 3.8) is 0 Å². The van der Waals surface area contributed by atoms with Gasteiger partial charge in [0.2, 0.25) is 0 Å². The highest BCUT2D eigenvalue weighted by molar-refractivity contribution is 4.75. The lowest BCUT2D eigenvalue weighted by Crippen LogP contribution is -2.56. The molecule has 2 heterocycles. The Hall–Kier alpha value is -0.160. The first kappa shape index (κ1) is 9.40. The van der Waals surface area contributed by atoms with Gasteiger partial charge >= 0.3 is 0 Å². The number of likely N-dealkylation sites (N-methyl/N-ethyl adjacent to an activating group) is 1. The molecule has 0 amide bonds. The standard InChI is InChI=1S/C9H18N2O2/c1-10-2-5-13-8-9(10)11-3-6-12-7-4-11/h9H,2-8H2,1H3. The molecule has 2 fully saturated rings. The normalized spacial score (nSPS) is 33.5. The summed E-state index contributed by atoms with van der Waals surface area (Å²) in [5.74, 6) is 0. The monoisotopic (exact) mass is 186 g/mol. The summed E-state index contributed by atoms with van der Waals surface area (Å²) in [5.41, 5.74) is 0. The maximum absolute atomic E-state index is 5.48. The highest BCUT2D eigenvalue weighted by atomic mass is 16.5. The van der Waals surface area contributed by atoms with Crippen LogP contribution in [0, 0.1) is 0 Å².